The summed E-state index contributed by atoms with van der Waals surface area (Å²) in [7, 11) is -2.67. The zero-order chi connectivity index (χ0) is 29.3. The van der Waals surface area contributed by atoms with E-state index in [9.17, 15) is 0 Å². The van der Waals surface area contributed by atoms with Crippen molar-refractivity contribution in [2.75, 3.05) is 0 Å². The molecule has 0 aliphatic carbocycles. The molecule has 8 aromatic rings. The van der Waals surface area contributed by atoms with Crippen LogP contribution in [0.15, 0.2) is 188 Å². The summed E-state index contributed by atoms with van der Waals surface area (Å²) in [6.07, 6.45) is 0. The van der Waals surface area contributed by atoms with Gasteiger partial charge in [0.2, 0.25) is 0 Å². The highest BCUT2D eigenvalue weighted by Crippen LogP contribution is 2.32. The lowest BCUT2D eigenvalue weighted by Crippen LogP contribution is -2.75. The molecule has 0 aliphatic heterocycles. The summed E-state index contributed by atoms with van der Waals surface area (Å²) in [5.41, 5.74) is 6.13. The van der Waals surface area contributed by atoms with Gasteiger partial charge in [-0.3, -0.25) is 0 Å². The Kier molecular flexibility index (Phi) is 6.55. The molecule has 0 saturated heterocycles. The van der Waals surface area contributed by atoms with Crippen LogP contribution in [-0.4, -0.2) is 12.6 Å². The fourth-order valence-electron chi connectivity index (χ4n) is 7.08. The van der Waals surface area contributed by atoms with Crippen LogP contribution >= 0.6 is 0 Å². The lowest BCUT2D eigenvalue weighted by atomic mass is 10.1. The van der Waals surface area contributed by atoms with E-state index in [-0.39, 0.29) is 0 Å². The van der Waals surface area contributed by atoms with Crippen molar-refractivity contribution in [2.24, 2.45) is 0 Å². The van der Waals surface area contributed by atoms with Gasteiger partial charge in [0.05, 0.1) is 11.0 Å². The molecule has 0 amide bonds. The minimum atomic E-state index is -2.67. The van der Waals surface area contributed by atoms with Crippen molar-refractivity contribution < 1.29 is 0 Å². The summed E-state index contributed by atoms with van der Waals surface area (Å²) in [6.45, 7) is 0. The average Bonchev–Trinajstić information content (AvgIpc) is 3.45. The van der Waals surface area contributed by atoms with Crippen LogP contribution in [-0.2, 0) is 0 Å². The van der Waals surface area contributed by atoms with Crippen LogP contribution in [0.5, 0.6) is 0 Å². The van der Waals surface area contributed by atoms with Crippen LogP contribution in [0.25, 0.3) is 38.6 Å². The van der Waals surface area contributed by atoms with Crippen LogP contribution in [0.3, 0.4) is 0 Å². The van der Waals surface area contributed by atoms with Crippen molar-refractivity contribution in [3.63, 3.8) is 0 Å². The number of nitrogens with zero attached hydrogens (tertiary/aromatic N) is 1. The molecule has 0 aliphatic rings. The maximum atomic E-state index is 2.39. The second kappa shape index (κ2) is 11.0. The SMILES string of the molecule is c1ccc([Si](c2ccccc2)(c2ccccc2)c2ccccc2-c2ccc(-n3c4ccccc4c4ccccc43)cc2)cc1. The molecule has 8 rings (SSSR count). The summed E-state index contributed by atoms with van der Waals surface area (Å²) in [4.78, 5) is 0. The first-order valence-electron chi connectivity index (χ1n) is 15.2. The third-order valence-corrected chi connectivity index (χ3v) is 13.8. The van der Waals surface area contributed by atoms with Crippen molar-refractivity contribution >= 4 is 50.6 Å². The predicted molar refractivity (Wildman–Crippen MR) is 190 cm³/mol. The van der Waals surface area contributed by atoms with Crippen molar-refractivity contribution in [2.45, 2.75) is 0 Å². The fraction of sp³-hybridized carbons (Fsp3) is 0. The van der Waals surface area contributed by atoms with Crippen LogP contribution in [0, 0.1) is 0 Å². The molecule has 0 spiro atoms. The van der Waals surface area contributed by atoms with E-state index in [1.807, 2.05) is 0 Å². The number of benzene rings is 7. The molecule has 7 aromatic carbocycles. The lowest BCUT2D eigenvalue weighted by Gasteiger charge is -2.36. The Labute approximate surface area is 259 Å². The van der Waals surface area contributed by atoms with Gasteiger partial charge in [-0.25, -0.2) is 0 Å². The number of aromatic nitrogens is 1. The highest BCUT2D eigenvalue weighted by Gasteiger charge is 2.42. The molecular formula is C42H31NSi. The number of rotatable bonds is 6. The molecule has 0 radical (unpaired) electrons. The Morgan fingerprint density at radius 3 is 1.25 bits per heavy atom. The summed E-state index contributed by atoms with van der Waals surface area (Å²) < 4.78 is 2.39. The molecule has 1 nitrogen and oxygen atoms in total. The van der Waals surface area contributed by atoms with E-state index >= 15 is 0 Å². The van der Waals surface area contributed by atoms with E-state index < -0.39 is 8.07 Å². The van der Waals surface area contributed by atoms with Crippen LogP contribution < -0.4 is 20.7 Å². The number of fused-ring (bicyclic) bond motifs is 3. The quantitative estimate of drug-likeness (QED) is 0.140. The molecule has 208 valence electrons. The molecular weight excluding hydrogens is 547 g/mol. The van der Waals surface area contributed by atoms with Crippen molar-refractivity contribution in [3.8, 4) is 16.8 Å². The molecule has 1 heterocycles. The molecule has 1 aromatic heterocycles. The number of hydrogen-bond acceptors (Lipinski definition) is 0. The second-order valence-corrected chi connectivity index (χ2v) is 15.1. The smallest absolute Gasteiger partial charge is 0.180 e. The average molecular weight is 578 g/mol. The summed E-state index contributed by atoms with van der Waals surface area (Å²) in [6, 6.07) is 69.1. The van der Waals surface area contributed by atoms with Gasteiger partial charge in [0.1, 0.15) is 0 Å². The molecule has 0 saturated carbocycles. The lowest BCUT2D eigenvalue weighted by molar-refractivity contribution is 1.18. The van der Waals surface area contributed by atoms with Gasteiger partial charge in [-0.2, -0.15) is 0 Å². The van der Waals surface area contributed by atoms with E-state index in [1.54, 1.807) is 0 Å². The Morgan fingerprint density at radius 1 is 0.341 bits per heavy atom. The topological polar surface area (TPSA) is 4.93 Å². The Hall–Kier alpha value is -5.44. The molecule has 44 heavy (non-hydrogen) atoms. The van der Waals surface area contributed by atoms with Gasteiger partial charge in [-0.05, 0) is 56.1 Å². The fourth-order valence-corrected chi connectivity index (χ4v) is 12.1. The molecule has 0 bridgehead atoms. The zero-order valence-corrected chi connectivity index (χ0v) is 25.3. The summed E-state index contributed by atoms with van der Waals surface area (Å²) >= 11 is 0. The van der Waals surface area contributed by atoms with E-state index in [4.69, 9.17) is 0 Å². The zero-order valence-electron chi connectivity index (χ0n) is 24.3. The normalized spacial score (nSPS) is 11.6. The molecule has 0 unspecified atom stereocenters. The van der Waals surface area contributed by atoms with Gasteiger partial charge in [0, 0.05) is 16.5 Å². The number of para-hydroxylation sites is 2. The van der Waals surface area contributed by atoms with E-state index in [0.717, 1.165) is 0 Å². The van der Waals surface area contributed by atoms with Crippen molar-refractivity contribution in [1.29, 1.82) is 0 Å². The largest absolute Gasteiger partial charge is 0.309 e. The molecule has 0 N–H and O–H groups in total. The third kappa shape index (κ3) is 4.15. The molecule has 0 fully saturated rings. The number of hydrogen-bond donors (Lipinski definition) is 0. The van der Waals surface area contributed by atoms with Gasteiger partial charge >= 0.3 is 0 Å². The minimum Gasteiger partial charge on any atom is -0.309 e. The Bertz CT molecular complexity index is 2050. The van der Waals surface area contributed by atoms with Gasteiger partial charge in [0.25, 0.3) is 0 Å². The van der Waals surface area contributed by atoms with Gasteiger partial charge < -0.3 is 4.57 Å². The monoisotopic (exact) mass is 577 g/mol. The van der Waals surface area contributed by atoms with Crippen molar-refractivity contribution in [1.82, 2.24) is 4.57 Å². The van der Waals surface area contributed by atoms with E-state index in [2.05, 4.69) is 193 Å². The first-order chi connectivity index (χ1) is 21.9. The first-order valence-corrected chi connectivity index (χ1v) is 17.2. The van der Waals surface area contributed by atoms with Crippen LogP contribution in [0.2, 0.25) is 0 Å². The Balaban J connectivity index is 1.36. The maximum absolute atomic E-state index is 2.67. The van der Waals surface area contributed by atoms with E-state index in [1.165, 1.54) is 59.4 Å². The standard InChI is InChI=1S/C42H31NSi/c1-4-16-34(17-5-1)44(35-18-6-2-7-19-35,36-20-8-3-9-21-36)42-27-15-12-22-37(42)32-28-30-33(31-29-32)43-40-25-13-10-23-38(40)39-24-11-14-26-41(39)43/h1-31H. The van der Waals surface area contributed by atoms with Gasteiger partial charge in [-0.15, -0.1) is 0 Å². The Morgan fingerprint density at radius 2 is 0.750 bits per heavy atom. The summed E-state index contributed by atoms with van der Waals surface area (Å²) in [5.74, 6) is 0. The highest BCUT2D eigenvalue weighted by molar-refractivity contribution is 7.20. The van der Waals surface area contributed by atoms with Crippen LogP contribution in [0.1, 0.15) is 0 Å². The maximum Gasteiger partial charge on any atom is 0.180 e. The molecule has 2 heteroatoms. The highest BCUT2D eigenvalue weighted by atomic mass is 28.3. The van der Waals surface area contributed by atoms with E-state index in [0.29, 0.717) is 0 Å². The van der Waals surface area contributed by atoms with Gasteiger partial charge in [-0.1, -0.05) is 164 Å². The minimum absolute atomic E-state index is 1.17. The van der Waals surface area contributed by atoms with Crippen molar-refractivity contribution in [3.05, 3.63) is 188 Å². The third-order valence-electron chi connectivity index (χ3n) is 8.97. The van der Waals surface area contributed by atoms with Gasteiger partial charge in [0.15, 0.2) is 8.07 Å². The van der Waals surface area contributed by atoms with Crippen LogP contribution in [0.4, 0.5) is 0 Å². The predicted octanol–water partition coefficient (Wildman–Crippen LogP) is 7.83. The molecule has 0 atom stereocenters. The first kappa shape index (κ1) is 26.2. The second-order valence-electron chi connectivity index (χ2n) is 11.3. The summed E-state index contributed by atoms with van der Waals surface area (Å²) in [5, 5.41) is 8.10.